The van der Waals surface area contributed by atoms with E-state index in [9.17, 15) is 9.59 Å². The highest BCUT2D eigenvalue weighted by Gasteiger charge is 2.26. The van der Waals surface area contributed by atoms with Gasteiger partial charge in [0.05, 0.1) is 6.61 Å². The number of rotatable bonds is 6. The van der Waals surface area contributed by atoms with Crippen molar-refractivity contribution in [3.05, 3.63) is 47.6 Å². The first-order valence-corrected chi connectivity index (χ1v) is 8.32. The number of hydrogen-bond donors (Lipinski definition) is 1. The summed E-state index contributed by atoms with van der Waals surface area (Å²) in [6.07, 6.45) is -0.223. The van der Waals surface area contributed by atoms with Crippen LogP contribution >= 0.6 is 0 Å². The van der Waals surface area contributed by atoms with Crippen LogP contribution in [0.25, 0.3) is 0 Å². The van der Waals surface area contributed by atoms with Crippen LogP contribution in [0.3, 0.4) is 0 Å². The third kappa shape index (κ3) is 5.87. The fourth-order valence-corrected chi connectivity index (χ4v) is 2.15. The zero-order chi connectivity index (χ0) is 19.2. The Morgan fingerprint density at radius 2 is 1.92 bits per heavy atom. The normalized spacial score (nSPS) is 12.3. The second-order valence-corrected chi connectivity index (χ2v) is 6.57. The number of amides is 1. The Kier molecular flexibility index (Phi) is 6.32. The van der Waals surface area contributed by atoms with Gasteiger partial charge in [0.15, 0.2) is 0 Å². The molecule has 1 amide bonds. The van der Waals surface area contributed by atoms with Crippen LogP contribution in [0.4, 0.5) is 4.79 Å². The van der Waals surface area contributed by atoms with Crippen LogP contribution in [-0.4, -0.2) is 34.4 Å². The smallest absolute Gasteiger partial charge is 0.408 e. The molecule has 1 aromatic heterocycles. The summed E-state index contributed by atoms with van der Waals surface area (Å²) < 4.78 is 15.3. The summed E-state index contributed by atoms with van der Waals surface area (Å²) >= 11 is 0. The van der Waals surface area contributed by atoms with Gasteiger partial charge in [-0.15, -0.1) is 0 Å². The van der Waals surface area contributed by atoms with E-state index in [1.807, 2.05) is 30.3 Å². The fourth-order valence-electron chi connectivity index (χ4n) is 2.15. The van der Waals surface area contributed by atoms with Crippen LogP contribution in [0.15, 0.2) is 34.9 Å². The van der Waals surface area contributed by atoms with Crippen LogP contribution in [0.2, 0.25) is 0 Å². The van der Waals surface area contributed by atoms with Crippen molar-refractivity contribution in [2.45, 2.75) is 45.8 Å². The standard InChI is InChI=1S/C18H23N3O5/c1-5-24-16(22)14-20-15(26-21-14)13(11-12-9-7-6-8-10-12)19-17(23)25-18(2,3)4/h6-10,13H,5,11H2,1-4H3,(H,19,23)/t13-/m0/s1. The van der Waals surface area contributed by atoms with E-state index < -0.39 is 23.7 Å². The van der Waals surface area contributed by atoms with E-state index in [-0.39, 0.29) is 18.3 Å². The zero-order valence-corrected chi connectivity index (χ0v) is 15.3. The molecule has 0 aliphatic heterocycles. The van der Waals surface area contributed by atoms with E-state index in [4.69, 9.17) is 14.0 Å². The van der Waals surface area contributed by atoms with Gasteiger partial charge in [0.2, 0.25) is 5.89 Å². The highest BCUT2D eigenvalue weighted by atomic mass is 16.6. The van der Waals surface area contributed by atoms with E-state index in [1.165, 1.54) is 0 Å². The lowest BCUT2D eigenvalue weighted by Gasteiger charge is -2.22. The minimum absolute atomic E-state index is 0.0998. The Balaban J connectivity index is 2.20. The van der Waals surface area contributed by atoms with Gasteiger partial charge in [-0.3, -0.25) is 0 Å². The molecule has 8 heteroatoms. The monoisotopic (exact) mass is 361 g/mol. The van der Waals surface area contributed by atoms with Crippen molar-refractivity contribution in [3.8, 4) is 0 Å². The molecule has 0 saturated carbocycles. The van der Waals surface area contributed by atoms with Gasteiger partial charge >= 0.3 is 12.1 Å². The molecule has 1 N–H and O–H groups in total. The summed E-state index contributed by atoms with van der Waals surface area (Å²) in [5.74, 6) is -0.771. The van der Waals surface area contributed by atoms with Crippen molar-refractivity contribution in [2.75, 3.05) is 6.61 Å². The van der Waals surface area contributed by atoms with E-state index in [0.29, 0.717) is 6.42 Å². The minimum atomic E-state index is -0.682. The van der Waals surface area contributed by atoms with Crippen molar-refractivity contribution in [3.63, 3.8) is 0 Å². The maximum atomic E-state index is 12.2. The Labute approximate surface area is 151 Å². The second kappa shape index (κ2) is 8.46. The molecule has 0 radical (unpaired) electrons. The average molecular weight is 361 g/mol. The zero-order valence-electron chi connectivity index (χ0n) is 15.3. The predicted octanol–water partition coefficient (Wildman–Crippen LogP) is 3.05. The predicted molar refractivity (Wildman–Crippen MR) is 92.5 cm³/mol. The summed E-state index contributed by atoms with van der Waals surface area (Å²) in [5, 5.41) is 6.34. The molecule has 0 saturated heterocycles. The number of nitrogens with one attached hydrogen (secondary N) is 1. The number of carbonyl (C=O) groups is 2. The van der Waals surface area contributed by atoms with Crippen molar-refractivity contribution in [2.24, 2.45) is 0 Å². The first-order chi connectivity index (χ1) is 12.3. The Morgan fingerprint density at radius 3 is 2.54 bits per heavy atom. The van der Waals surface area contributed by atoms with Crippen molar-refractivity contribution >= 4 is 12.1 Å². The van der Waals surface area contributed by atoms with E-state index in [2.05, 4.69) is 15.5 Å². The Bertz CT molecular complexity index is 737. The van der Waals surface area contributed by atoms with E-state index in [0.717, 1.165) is 5.56 Å². The van der Waals surface area contributed by atoms with Gasteiger partial charge in [-0.1, -0.05) is 30.3 Å². The SMILES string of the molecule is CCOC(=O)c1noc([C@H](Cc2ccccc2)NC(=O)OC(C)(C)C)n1. The first-order valence-electron chi connectivity index (χ1n) is 8.32. The number of aromatic nitrogens is 2. The molecule has 8 nitrogen and oxygen atoms in total. The molecule has 1 atom stereocenters. The molecule has 0 spiro atoms. The summed E-state index contributed by atoms with van der Waals surface area (Å²) in [6.45, 7) is 7.19. The summed E-state index contributed by atoms with van der Waals surface area (Å²) in [4.78, 5) is 27.9. The van der Waals surface area contributed by atoms with Crippen LogP contribution in [0.5, 0.6) is 0 Å². The molecular formula is C18H23N3O5. The molecule has 0 aliphatic rings. The highest BCUT2D eigenvalue weighted by Crippen LogP contribution is 2.18. The van der Waals surface area contributed by atoms with Gasteiger partial charge in [0.1, 0.15) is 11.6 Å². The molecule has 26 heavy (non-hydrogen) atoms. The lowest BCUT2D eigenvalue weighted by molar-refractivity contribution is 0.0487. The number of benzene rings is 1. The topological polar surface area (TPSA) is 104 Å². The molecule has 2 aromatic rings. The Hall–Kier alpha value is -2.90. The molecule has 140 valence electrons. The number of carbonyl (C=O) groups excluding carboxylic acids is 2. The molecule has 0 unspecified atom stereocenters. The Morgan fingerprint density at radius 1 is 1.23 bits per heavy atom. The summed E-state index contributed by atoms with van der Waals surface area (Å²) in [6, 6.07) is 8.84. The molecule has 1 aromatic carbocycles. The molecular weight excluding hydrogens is 338 g/mol. The highest BCUT2D eigenvalue weighted by molar-refractivity contribution is 5.84. The third-order valence-corrected chi connectivity index (χ3v) is 3.17. The van der Waals surface area contributed by atoms with Crippen molar-refractivity contribution < 1.29 is 23.6 Å². The third-order valence-electron chi connectivity index (χ3n) is 3.17. The molecule has 0 aliphatic carbocycles. The largest absolute Gasteiger partial charge is 0.460 e. The summed E-state index contributed by atoms with van der Waals surface area (Å²) in [5.41, 5.74) is 0.302. The van der Waals surface area contributed by atoms with Gasteiger partial charge in [-0.05, 0) is 38.4 Å². The molecule has 2 rings (SSSR count). The average Bonchev–Trinajstić information content (AvgIpc) is 3.04. The summed E-state index contributed by atoms with van der Waals surface area (Å²) in [7, 11) is 0. The van der Waals surface area contributed by atoms with Gasteiger partial charge in [-0.25, -0.2) is 9.59 Å². The van der Waals surface area contributed by atoms with Gasteiger partial charge in [0, 0.05) is 6.42 Å². The van der Waals surface area contributed by atoms with Crippen LogP contribution in [0.1, 0.15) is 55.8 Å². The van der Waals surface area contributed by atoms with Crippen LogP contribution in [-0.2, 0) is 15.9 Å². The minimum Gasteiger partial charge on any atom is -0.460 e. The van der Waals surface area contributed by atoms with Gasteiger partial charge in [-0.2, -0.15) is 4.98 Å². The molecule has 0 fully saturated rings. The maximum absolute atomic E-state index is 12.2. The van der Waals surface area contributed by atoms with Gasteiger partial charge < -0.3 is 19.3 Å². The van der Waals surface area contributed by atoms with Crippen LogP contribution in [0, 0.1) is 0 Å². The number of alkyl carbamates (subject to hydrolysis) is 1. The molecule has 0 bridgehead atoms. The van der Waals surface area contributed by atoms with E-state index in [1.54, 1.807) is 27.7 Å². The van der Waals surface area contributed by atoms with Crippen molar-refractivity contribution in [1.82, 2.24) is 15.5 Å². The van der Waals surface area contributed by atoms with Crippen molar-refractivity contribution in [1.29, 1.82) is 0 Å². The maximum Gasteiger partial charge on any atom is 0.408 e. The number of ether oxygens (including phenoxy) is 2. The number of esters is 1. The second-order valence-electron chi connectivity index (χ2n) is 6.57. The first kappa shape index (κ1) is 19.4. The number of hydrogen-bond acceptors (Lipinski definition) is 7. The fraction of sp³-hybridized carbons (Fsp3) is 0.444. The van der Waals surface area contributed by atoms with Gasteiger partial charge in [0.25, 0.3) is 5.82 Å². The lowest BCUT2D eigenvalue weighted by Crippen LogP contribution is -2.36. The number of nitrogens with zero attached hydrogens (tertiary/aromatic N) is 2. The molecule has 1 heterocycles. The quantitative estimate of drug-likeness (QED) is 0.789. The lowest BCUT2D eigenvalue weighted by atomic mass is 10.1. The van der Waals surface area contributed by atoms with E-state index >= 15 is 0 Å². The van der Waals surface area contributed by atoms with Crippen LogP contribution < -0.4 is 5.32 Å².